The lowest BCUT2D eigenvalue weighted by Crippen LogP contribution is -2.13. The summed E-state index contributed by atoms with van der Waals surface area (Å²) in [5.74, 6) is -0.180. The van der Waals surface area contributed by atoms with E-state index in [1.807, 2.05) is 0 Å². The van der Waals surface area contributed by atoms with Gasteiger partial charge in [-0.15, -0.1) is 0 Å². The van der Waals surface area contributed by atoms with Gasteiger partial charge < -0.3 is 14.4 Å². The summed E-state index contributed by atoms with van der Waals surface area (Å²) in [5.41, 5.74) is 1.10. The minimum absolute atomic E-state index is 0.0696. The summed E-state index contributed by atoms with van der Waals surface area (Å²) in [6.07, 6.45) is -0.304. The Bertz CT molecular complexity index is 1400. The predicted molar refractivity (Wildman–Crippen MR) is 128 cm³/mol. The summed E-state index contributed by atoms with van der Waals surface area (Å²) in [5, 5.41) is 14.3. The number of hydrogen-bond acceptors (Lipinski definition) is 7. The summed E-state index contributed by atoms with van der Waals surface area (Å²) >= 11 is 0. The molecule has 2 atom stereocenters. The van der Waals surface area contributed by atoms with Gasteiger partial charge in [0.05, 0.1) is 0 Å². The quantitative estimate of drug-likeness (QED) is 0.311. The number of ether oxygens (including phenoxy) is 1. The first kappa shape index (κ1) is 23.6. The van der Waals surface area contributed by atoms with Gasteiger partial charge in [-0.2, -0.15) is 4.98 Å². The lowest BCUT2D eigenvalue weighted by molar-refractivity contribution is 0.0740. The van der Waals surface area contributed by atoms with Crippen molar-refractivity contribution in [2.75, 3.05) is 0 Å². The molecule has 1 fully saturated rings. The number of rotatable bonds is 9. The number of carbonyl (C=O) groups excluding carboxylic acids is 2. The van der Waals surface area contributed by atoms with Crippen LogP contribution in [0.1, 0.15) is 64.1 Å². The number of halogens is 1. The molecule has 0 aliphatic heterocycles. The van der Waals surface area contributed by atoms with Gasteiger partial charge in [-0.3, -0.25) is 9.59 Å². The van der Waals surface area contributed by atoms with E-state index in [0.717, 1.165) is 18.9 Å². The second-order valence-electron chi connectivity index (χ2n) is 8.75. The zero-order valence-corrected chi connectivity index (χ0v) is 19.4. The molecule has 7 nitrogen and oxygen atoms in total. The Kier molecular flexibility index (Phi) is 6.43. The van der Waals surface area contributed by atoms with Crippen LogP contribution in [-0.4, -0.2) is 26.8 Å². The molecular formula is C28H23FN2O5. The second-order valence-corrected chi connectivity index (χ2v) is 8.75. The number of aliphatic hydroxyl groups excluding tert-OH is 1. The molecule has 0 spiro atoms. The van der Waals surface area contributed by atoms with Crippen molar-refractivity contribution in [2.24, 2.45) is 5.92 Å². The van der Waals surface area contributed by atoms with Gasteiger partial charge in [0.15, 0.2) is 17.7 Å². The van der Waals surface area contributed by atoms with E-state index < -0.39 is 23.8 Å². The first-order chi connectivity index (χ1) is 17.4. The number of hydrogen-bond donors (Lipinski definition) is 1. The van der Waals surface area contributed by atoms with Gasteiger partial charge >= 0.3 is 0 Å². The highest BCUT2D eigenvalue weighted by molar-refractivity contribution is 6.00. The molecule has 2 unspecified atom stereocenters. The van der Waals surface area contributed by atoms with Crippen molar-refractivity contribution in [1.29, 1.82) is 0 Å². The molecule has 1 saturated carbocycles. The van der Waals surface area contributed by atoms with Crippen molar-refractivity contribution < 1.29 is 28.3 Å². The smallest absolute Gasteiger partial charge is 0.258 e. The van der Waals surface area contributed by atoms with Crippen LogP contribution < -0.4 is 4.74 Å². The van der Waals surface area contributed by atoms with Gasteiger partial charge in [0.25, 0.3) is 5.89 Å². The van der Waals surface area contributed by atoms with Crippen LogP contribution in [0.5, 0.6) is 5.75 Å². The number of ketones is 2. The van der Waals surface area contributed by atoms with Crippen LogP contribution in [0, 0.1) is 11.7 Å². The molecule has 0 bridgehead atoms. The molecule has 1 N–H and O–H groups in total. The highest BCUT2D eigenvalue weighted by atomic mass is 19.1. The zero-order valence-electron chi connectivity index (χ0n) is 19.4. The number of benzene rings is 3. The Morgan fingerprint density at radius 3 is 2.42 bits per heavy atom. The van der Waals surface area contributed by atoms with Crippen molar-refractivity contribution in [2.45, 2.75) is 32.0 Å². The Balaban J connectivity index is 1.26. The summed E-state index contributed by atoms with van der Waals surface area (Å²) < 4.78 is 26.0. The summed E-state index contributed by atoms with van der Waals surface area (Å²) in [6, 6.07) is 19.1. The highest BCUT2D eigenvalue weighted by Gasteiger charge is 2.30. The maximum atomic E-state index is 14.8. The van der Waals surface area contributed by atoms with E-state index in [9.17, 15) is 19.1 Å². The van der Waals surface area contributed by atoms with Crippen LogP contribution in [0.4, 0.5) is 4.39 Å². The van der Waals surface area contributed by atoms with Crippen molar-refractivity contribution in [3.63, 3.8) is 0 Å². The Morgan fingerprint density at radius 1 is 1.03 bits per heavy atom. The van der Waals surface area contributed by atoms with Crippen LogP contribution >= 0.6 is 0 Å². The summed E-state index contributed by atoms with van der Waals surface area (Å²) in [4.78, 5) is 28.9. The minimum Gasteiger partial charge on any atom is -0.483 e. The molecule has 1 aliphatic rings. The van der Waals surface area contributed by atoms with Crippen LogP contribution in [0.25, 0.3) is 11.5 Å². The normalized spacial score (nSPS) is 14.8. The van der Waals surface area contributed by atoms with Crippen LogP contribution in [0.3, 0.4) is 0 Å². The standard InChI is InChI=1S/C28H23FN2O5/c1-16(35-21-12-9-19(10-13-21)24(32)18-7-8-18)27-30-28(36-31-27)20-11-14-22(23(29)15-20)26(34)25(33)17-5-3-2-4-6-17/h2-6,9-16,18,26,34H,7-8H2,1H3. The molecule has 5 rings (SSSR count). The third-order valence-electron chi connectivity index (χ3n) is 6.05. The zero-order chi connectivity index (χ0) is 25.2. The average molecular weight is 486 g/mol. The van der Waals surface area contributed by atoms with Gasteiger partial charge in [-0.1, -0.05) is 41.6 Å². The van der Waals surface area contributed by atoms with Crippen LogP contribution in [0.15, 0.2) is 77.3 Å². The first-order valence-electron chi connectivity index (χ1n) is 11.6. The Hall–Kier alpha value is -4.17. The monoisotopic (exact) mass is 486 g/mol. The van der Waals surface area contributed by atoms with E-state index in [1.165, 1.54) is 12.1 Å². The maximum absolute atomic E-state index is 14.8. The Morgan fingerprint density at radius 2 is 1.75 bits per heavy atom. The summed E-state index contributed by atoms with van der Waals surface area (Å²) in [6.45, 7) is 1.74. The number of carbonyl (C=O) groups is 2. The molecule has 1 heterocycles. The molecular weight excluding hydrogens is 463 g/mol. The van der Waals surface area contributed by atoms with E-state index in [0.29, 0.717) is 16.9 Å². The number of Topliss-reactive ketones (excluding diaryl/α,β-unsaturated/α-hetero) is 2. The molecule has 36 heavy (non-hydrogen) atoms. The van der Waals surface area contributed by atoms with E-state index in [1.54, 1.807) is 61.5 Å². The fourth-order valence-electron chi connectivity index (χ4n) is 3.84. The highest BCUT2D eigenvalue weighted by Crippen LogP contribution is 2.33. The first-order valence-corrected chi connectivity index (χ1v) is 11.6. The third-order valence-corrected chi connectivity index (χ3v) is 6.05. The molecule has 1 aliphatic carbocycles. The van der Waals surface area contributed by atoms with Crippen molar-refractivity contribution >= 4 is 11.6 Å². The fourth-order valence-corrected chi connectivity index (χ4v) is 3.84. The van der Waals surface area contributed by atoms with Gasteiger partial charge in [0, 0.05) is 28.2 Å². The van der Waals surface area contributed by atoms with E-state index >= 15 is 0 Å². The SMILES string of the molecule is CC(Oc1ccc(C(=O)C2CC2)cc1)c1noc(-c2ccc(C(O)C(=O)c3ccccc3)c(F)c2)n1. The van der Waals surface area contributed by atoms with Gasteiger partial charge in [0.1, 0.15) is 17.7 Å². The molecule has 3 aromatic carbocycles. The molecule has 1 aromatic heterocycles. The molecule has 0 amide bonds. The van der Waals surface area contributed by atoms with E-state index in [-0.39, 0.29) is 34.5 Å². The van der Waals surface area contributed by atoms with Gasteiger partial charge in [-0.05, 0) is 56.2 Å². The molecule has 8 heteroatoms. The van der Waals surface area contributed by atoms with Crippen LogP contribution in [-0.2, 0) is 0 Å². The van der Waals surface area contributed by atoms with E-state index in [4.69, 9.17) is 9.26 Å². The average Bonchev–Trinajstić information content (AvgIpc) is 3.64. The number of aromatic nitrogens is 2. The topological polar surface area (TPSA) is 103 Å². The lowest BCUT2D eigenvalue weighted by atomic mass is 9.98. The summed E-state index contributed by atoms with van der Waals surface area (Å²) in [7, 11) is 0. The third kappa shape index (κ3) is 4.94. The molecule has 0 radical (unpaired) electrons. The molecule has 0 saturated heterocycles. The minimum atomic E-state index is -1.64. The fraction of sp³-hybridized carbons (Fsp3) is 0.214. The van der Waals surface area contributed by atoms with Crippen molar-refractivity contribution in [3.05, 3.63) is 101 Å². The number of aliphatic hydroxyl groups is 1. The Labute approximate surface area is 206 Å². The van der Waals surface area contributed by atoms with Gasteiger partial charge in [0.2, 0.25) is 5.82 Å². The predicted octanol–water partition coefficient (Wildman–Crippen LogP) is 5.52. The largest absolute Gasteiger partial charge is 0.483 e. The van der Waals surface area contributed by atoms with Gasteiger partial charge in [-0.25, -0.2) is 4.39 Å². The van der Waals surface area contributed by atoms with Crippen molar-refractivity contribution in [3.8, 4) is 17.2 Å². The van der Waals surface area contributed by atoms with E-state index in [2.05, 4.69) is 10.1 Å². The molecule has 4 aromatic rings. The maximum Gasteiger partial charge on any atom is 0.258 e. The number of nitrogens with zero attached hydrogens (tertiary/aromatic N) is 2. The lowest BCUT2D eigenvalue weighted by Gasteiger charge is -2.12. The van der Waals surface area contributed by atoms with Crippen LogP contribution in [0.2, 0.25) is 0 Å². The second kappa shape index (κ2) is 9.83. The molecule has 182 valence electrons. The van der Waals surface area contributed by atoms with Crippen molar-refractivity contribution in [1.82, 2.24) is 10.1 Å².